The lowest BCUT2D eigenvalue weighted by Gasteiger charge is -2.26. The van der Waals surface area contributed by atoms with Crippen LogP contribution >= 0.6 is 0 Å². The van der Waals surface area contributed by atoms with Gasteiger partial charge in [-0.1, -0.05) is 48.5 Å². The van der Waals surface area contributed by atoms with Crippen LogP contribution < -0.4 is 10.1 Å². The molecule has 2 aromatic rings. The third-order valence-electron chi connectivity index (χ3n) is 4.17. The Balaban J connectivity index is 1.86. The molecule has 0 saturated carbocycles. The molecule has 31 heavy (non-hydrogen) atoms. The average Bonchev–Trinajstić information content (AvgIpc) is 2.66. The van der Waals surface area contributed by atoms with Crippen molar-refractivity contribution in [2.24, 2.45) is 0 Å². The van der Waals surface area contributed by atoms with Gasteiger partial charge in [-0.15, -0.1) is 0 Å². The fraction of sp³-hybridized carbons (Fsp3) is 0.440. The zero-order valence-electron chi connectivity index (χ0n) is 19.1. The van der Waals surface area contributed by atoms with Gasteiger partial charge in [-0.3, -0.25) is 14.9 Å². The zero-order valence-corrected chi connectivity index (χ0v) is 19.1. The molecule has 0 aliphatic carbocycles. The van der Waals surface area contributed by atoms with Gasteiger partial charge in [0.1, 0.15) is 23.6 Å². The van der Waals surface area contributed by atoms with Crippen molar-refractivity contribution in [1.29, 1.82) is 0 Å². The van der Waals surface area contributed by atoms with Gasteiger partial charge in [-0.25, -0.2) is 0 Å². The summed E-state index contributed by atoms with van der Waals surface area (Å²) in [5.41, 5.74) is 0.741. The molecular weight excluding hydrogens is 394 g/mol. The third-order valence-corrected chi connectivity index (χ3v) is 4.17. The van der Waals surface area contributed by atoms with Crippen LogP contribution in [0.5, 0.6) is 5.75 Å². The van der Waals surface area contributed by atoms with E-state index in [1.807, 2.05) is 68.4 Å². The maximum Gasteiger partial charge on any atom is 0.320 e. The molecule has 0 bridgehead atoms. The Kier molecular flexibility index (Phi) is 8.63. The SMILES string of the molecule is CC(C)(C)OC(=O)CNCC(=O)OC(C)(C)Cc1ccccc1OCc1ccccc1. The first-order valence-electron chi connectivity index (χ1n) is 10.4. The van der Waals surface area contributed by atoms with Crippen molar-refractivity contribution in [3.8, 4) is 5.75 Å². The summed E-state index contributed by atoms with van der Waals surface area (Å²) in [5.74, 6) is -0.0844. The molecule has 2 rings (SSSR count). The van der Waals surface area contributed by atoms with E-state index in [1.54, 1.807) is 20.8 Å². The number of rotatable bonds is 10. The minimum Gasteiger partial charge on any atom is -0.489 e. The van der Waals surface area contributed by atoms with Gasteiger partial charge < -0.3 is 14.2 Å². The van der Waals surface area contributed by atoms with E-state index in [1.165, 1.54) is 0 Å². The van der Waals surface area contributed by atoms with Crippen LogP contribution in [0.3, 0.4) is 0 Å². The molecule has 0 fully saturated rings. The number of hydrogen-bond donors (Lipinski definition) is 1. The summed E-state index contributed by atoms with van der Waals surface area (Å²) in [5, 5.41) is 2.77. The van der Waals surface area contributed by atoms with Gasteiger partial charge in [-0.2, -0.15) is 0 Å². The van der Waals surface area contributed by atoms with E-state index in [0.717, 1.165) is 16.9 Å². The fourth-order valence-electron chi connectivity index (χ4n) is 3.01. The second-order valence-electron chi connectivity index (χ2n) is 8.98. The zero-order chi connectivity index (χ0) is 22.9. The number of carbonyl (C=O) groups excluding carboxylic acids is 2. The number of carbonyl (C=O) groups is 2. The average molecular weight is 428 g/mol. The van der Waals surface area contributed by atoms with Crippen molar-refractivity contribution >= 4 is 11.9 Å². The summed E-state index contributed by atoms with van der Waals surface area (Å²) in [6, 6.07) is 17.7. The van der Waals surface area contributed by atoms with Crippen LogP contribution in [0.2, 0.25) is 0 Å². The lowest BCUT2D eigenvalue weighted by molar-refractivity contribution is -0.156. The highest BCUT2D eigenvalue weighted by Crippen LogP contribution is 2.26. The first kappa shape index (κ1) is 24.4. The predicted molar refractivity (Wildman–Crippen MR) is 120 cm³/mol. The van der Waals surface area contributed by atoms with E-state index in [4.69, 9.17) is 14.2 Å². The molecule has 0 aliphatic rings. The second-order valence-corrected chi connectivity index (χ2v) is 8.98. The smallest absolute Gasteiger partial charge is 0.320 e. The van der Waals surface area contributed by atoms with Crippen molar-refractivity contribution in [2.75, 3.05) is 13.1 Å². The van der Waals surface area contributed by atoms with Gasteiger partial charge in [0, 0.05) is 6.42 Å². The topological polar surface area (TPSA) is 73.9 Å². The maximum atomic E-state index is 12.2. The van der Waals surface area contributed by atoms with Crippen LogP contribution in [0, 0.1) is 0 Å². The van der Waals surface area contributed by atoms with Crippen molar-refractivity contribution in [1.82, 2.24) is 5.32 Å². The van der Waals surface area contributed by atoms with Crippen molar-refractivity contribution < 1.29 is 23.8 Å². The number of benzene rings is 2. The van der Waals surface area contributed by atoms with Crippen LogP contribution in [-0.4, -0.2) is 36.2 Å². The van der Waals surface area contributed by atoms with Gasteiger partial charge in [0.15, 0.2) is 0 Å². The van der Waals surface area contributed by atoms with E-state index < -0.39 is 23.1 Å². The summed E-state index contributed by atoms with van der Waals surface area (Å²) < 4.78 is 16.8. The fourth-order valence-corrected chi connectivity index (χ4v) is 3.01. The molecule has 0 saturated heterocycles. The van der Waals surface area contributed by atoms with Crippen molar-refractivity contribution in [2.45, 2.75) is 58.8 Å². The molecule has 2 aromatic carbocycles. The summed E-state index contributed by atoms with van der Waals surface area (Å²) in [6.07, 6.45) is 0.496. The third kappa shape index (κ3) is 9.66. The van der Waals surface area contributed by atoms with Gasteiger partial charge in [0.05, 0.1) is 13.1 Å². The Morgan fingerprint density at radius 3 is 2.03 bits per heavy atom. The Hall–Kier alpha value is -2.86. The molecule has 168 valence electrons. The first-order valence-corrected chi connectivity index (χ1v) is 10.4. The molecule has 6 nitrogen and oxygen atoms in total. The number of hydrogen-bond acceptors (Lipinski definition) is 6. The monoisotopic (exact) mass is 427 g/mol. The Morgan fingerprint density at radius 2 is 1.39 bits per heavy atom. The molecule has 0 aromatic heterocycles. The minimum atomic E-state index is -0.739. The Labute approximate surface area is 184 Å². The van der Waals surface area contributed by atoms with Crippen LogP contribution in [0.4, 0.5) is 0 Å². The molecular formula is C25H33NO5. The van der Waals surface area contributed by atoms with E-state index in [-0.39, 0.29) is 13.1 Å². The van der Waals surface area contributed by atoms with Gasteiger partial charge >= 0.3 is 11.9 Å². The van der Waals surface area contributed by atoms with E-state index in [9.17, 15) is 9.59 Å². The lowest BCUT2D eigenvalue weighted by Crippen LogP contribution is -2.38. The highest BCUT2D eigenvalue weighted by atomic mass is 16.6. The van der Waals surface area contributed by atoms with Crippen LogP contribution in [0.1, 0.15) is 45.7 Å². The molecule has 0 heterocycles. The number of para-hydroxylation sites is 1. The molecule has 0 spiro atoms. The molecule has 0 aliphatic heterocycles. The van der Waals surface area contributed by atoms with E-state index in [0.29, 0.717) is 13.0 Å². The largest absolute Gasteiger partial charge is 0.489 e. The Bertz CT molecular complexity index is 856. The maximum absolute atomic E-state index is 12.2. The standard InChI is InChI=1S/C25H33NO5/c1-24(2,3)30-22(27)16-26-17-23(28)31-25(4,5)15-20-13-9-10-14-21(20)29-18-19-11-7-6-8-12-19/h6-14,26H,15-18H2,1-5H3. The van der Waals surface area contributed by atoms with Crippen molar-refractivity contribution in [3.63, 3.8) is 0 Å². The number of nitrogens with one attached hydrogen (secondary N) is 1. The van der Waals surface area contributed by atoms with Crippen LogP contribution in [0.25, 0.3) is 0 Å². The van der Waals surface area contributed by atoms with E-state index >= 15 is 0 Å². The molecule has 0 radical (unpaired) electrons. The summed E-state index contributed by atoms with van der Waals surface area (Å²) in [4.78, 5) is 24.0. The molecule has 1 N–H and O–H groups in total. The van der Waals surface area contributed by atoms with Gasteiger partial charge in [-0.05, 0) is 51.8 Å². The normalized spacial score (nSPS) is 11.6. The molecule has 0 unspecified atom stereocenters. The number of ether oxygens (including phenoxy) is 3. The van der Waals surface area contributed by atoms with Gasteiger partial charge in [0.2, 0.25) is 0 Å². The second kappa shape index (κ2) is 11.0. The molecule has 0 atom stereocenters. The van der Waals surface area contributed by atoms with Crippen LogP contribution in [-0.2, 0) is 32.1 Å². The lowest BCUT2D eigenvalue weighted by atomic mass is 9.97. The van der Waals surface area contributed by atoms with Crippen LogP contribution in [0.15, 0.2) is 54.6 Å². The Morgan fingerprint density at radius 1 is 0.806 bits per heavy atom. The number of esters is 2. The van der Waals surface area contributed by atoms with Crippen molar-refractivity contribution in [3.05, 3.63) is 65.7 Å². The summed E-state index contributed by atoms with van der Waals surface area (Å²) >= 11 is 0. The molecule has 0 amide bonds. The summed E-state index contributed by atoms with van der Waals surface area (Å²) in [7, 11) is 0. The highest BCUT2D eigenvalue weighted by molar-refractivity contribution is 5.75. The van der Waals surface area contributed by atoms with Gasteiger partial charge in [0.25, 0.3) is 0 Å². The summed E-state index contributed by atoms with van der Waals surface area (Å²) in [6.45, 7) is 9.43. The predicted octanol–water partition coefficient (Wildman–Crippen LogP) is 4.06. The van der Waals surface area contributed by atoms with E-state index in [2.05, 4.69) is 5.32 Å². The quantitative estimate of drug-likeness (QED) is 0.577. The highest BCUT2D eigenvalue weighted by Gasteiger charge is 2.25. The molecule has 6 heteroatoms. The minimum absolute atomic E-state index is 0.0526. The first-order chi connectivity index (χ1) is 14.5.